The van der Waals surface area contributed by atoms with E-state index in [2.05, 4.69) is 26.1 Å². The standard InChI is InChI=1S/C15H10BrFN2O2/c16-11-2-1-3-13(8-11)20-9-14-18-15(19-21-14)10-4-6-12(17)7-5-10/h1-8H,9H2. The second-order valence-corrected chi connectivity index (χ2v) is 5.18. The van der Waals surface area contributed by atoms with Crippen molar-refractivity contribution in [1.29, 1.82) is 0 Å². The minimum atomic E-state index is -0.305. The summed E-state index contributed by atoms with van der Waals surface area (Å²) in [6.45, 7) is 0.171. The normalized spacial score (nSPS) is 10.6. The summed E-state index contributed by atoms with van der Waals surface area (Å²) in [5.41, 5.74) is 0.689. The molecule has 0 N–H and O–H groups in total. The van der Waals surface area contributed by atoms with E-state index in [0.29, 0.717) is 23.0 Å². The van der Waals surface area contributed by atoms with E-state index in [0.717, 1.165) is 4.47 Å². The van der Waals surface area contributed by atoms with Crippen LogP contribution in [0.3, 0.4) is 0 Å². The van der Waals surface area contributed by atoms with Crippen LogP contribution in [-0.4, -0.2) is 10.1 Å². The molecular formula is C15H10BrFN2O2. The van der Waals surface area contributed by atoms with E-state index in [-0.39, 0.29) is 12.4 Å². The quantitative estimate of drug-likeness (QED) is 0.708. The van der Waals surface area contributed by atoms with Crippen LogP contribution in [-0.2, 0) is 6.61 Å². The van der Waals surface area contributed by atoms with Crippen LogP contribution in [0.4, 0.5) is 4.39 Å². The Balaban J connectivity index is 1.69. The van der Waals surface area contributed by atoms with Crippen LogP contribution >= 0.6 is 15.9 Å². The molecule has 0 spiro atoms. The Morgan fingerprint density at radius 3 is 2.71 bits per heavy atom. The number of hydrogen-bond acceptors (Lipinski definition) is 4. The molecule has 0 aliphatic heterocycles. The van der Waals surface area contributed by atoms with Crippen molar-refractivity contribution in [1.82, 2.24) is 10.1 Å². The van der Waals surface area contributed by atoms with Crippen molar-refractivity contribution in [3.05, 3.63) is 64.7 Å². The third-order valence-corrected chi connectivity index (χ3v) is 3.22. The van der Waals surface area contributed by atoms with Gasteiger partial charge >= 0.3 is 0 Å². The minimum absolute atomic E-state index is 0.171. The summed E-state index contributed by atoms with van der Waals surface area (Å²) in [5, 5.41) is 3.85. The van der Waals surface area contributed by atoms with Crippen molar-refractivity contribution in [2.24, 2.45) is 0 Å². The Morgan fingerprint density at radius 2 is 1.95 bits per heavy atom. The third-order valence-electron chi connectivity index (χ3n) is 2.73. The molecule has 1 heterocycles. The maximum atomic E-state index is 12.9. The molecule has 0 atom stereocenters. The molecular weight excluding hydrogens is 339 g/mol. The molecule has 0 bridgehead atoms. The first-order valence-electron chi connectivity index (χ1n) is 6.17. The van der Waals surface area contributed by atoms with E-state index in [1.807, 2.05) is 24.3 Å². The minimum Gasteiger partial charge on any atom is -0.484 e. The summed E-state index contributed by atoms with van der Waals surface area (Å²) in [7, 11) is 0. The Kier molecular flexibility index (Phi) is 3.96. The molecule has 21 heavy (non-hydrogen) atoms. The Labute approximate surface area is 128 Å². The predicted octanol–water partition coefficient (Wildman–Crippen LogP) is 4.22. The van der Waals surface area contributed by atoms with Gasteiger partial charge in [-0.05, 0) is 42.5 Å². The average Bonchev–Trinajstić information content (AvgIpc) is 2.95. The first-order valence-corrected chi connectivity index (χ1v) is 6.97. The summed E-state index contributed by atoms with van der Waals surface area (Å²) in [4.78, 5) is 4.21. The third kappa shape index (κ3) is 3.46. The summed E-state index contributed by atoms with van der Waals surface area (Å²) in [6, 6.07) is 13.4. The molecule has 0 aliphatic rings. The lowest BCUT2D eigenvalue weighted by Crippen LogP contribution is -1.95. The lowest BCUT2D eigenvalue weighted by atomic mass is 10.2. The molecule has 1 aromatic heterocycles. The summed E-state index contributed by atoms with van der Waals surface area (Å²) >= 11 is 3.37. The van der Waals surface area contributed by atoms with E-state index < -0.39 is 0 Å². The van der Waals surface area contributed by atoms with Gasteiger partial charge in [0.2, 0.25) is 5.82 Å². The van der Waals surface area contributed by atoms with Gasteiger partial charge < -0.3 is 9.26 Å². The predicted molar refractivity (Wildman–Crippen MR) is 78.2 cm³/mol. The van der Waals surface area contributed by atoms with Crippen molar-refractivity contribution in [3.8, 4) is 17.1 Å². The number of benzene rings is 2. The van der Waals surface area contributed by atoms with Crippen molar-refractivity contribution in [3.63, 3.8) is 0 Å². The van der Waals surface area contributed by atoms with E-state index in [1.54, 1.807) is 12.1 Å². The molecule has 106 valence electrons. The molecule has 3 aromatic rings. The summed E-state index contributed by atoms with van der Waals surface area (Å²) in [6.07, 6.45) is 0. The molecule has 0 saturated heterocycles. The van der Waals surface area contributed by atoms with Gasteiger partial charge in [-0.15, -0.1) is 0 Å². The number of nitrogens with zero attached hydrogens (tertiary/aromatic N) is 2. The number of ether oxygens (including phenoxy) is 1. The Bertz CT molecular complexity index is 743. The summed E-state index contributed by atoms with van der Waals surface area (Å²) < 4.78 is 24.5. The Hall–Kier alpha value is -2.21. The molecule has 0 saturated carbocycles. The van der Waals surface area contributed by atoms with E-state index in [4.69, 9.17) is 9.26 Å². The van der Waals surface area contributed by atoms with Crippen LogP contribution in [0.2, 0.25) is 0 Å². The average molecular weight is 349 g/mol. The molecule has 0 unspecified atom stereocenters. The van der Waals surface area contributed by atoms with Gasteiger partial charge in [0.15, 0.2) is 6.61 Å². The Morgan fingerprint density at radius 1 is 1.14 bits per heavy atom. The highest BCUT2D eigenvalue weighted by Gasteiger charge is 2.09. The van der Waals surface area contributed by atoms with Crippen LogP contribution < -0.4 is 4.74 Å². The van der Waals surface area contributed by atoms with Crippen molar-refractivity contribution < 1.29 is 13.7 Å². The maximum absolute atomic E-state index is 12.9. The second-order valence-electron chi connectivity index (χ2n) is 4.26. The van der Waals surface area contributed by atoms with Crippen LogP contribution in [0.5, 0.6) is 5.75 Å². The fourth-order valence-corrected chi connectivity index (χ4v) is 2.11. The van der Waals surface area contributed by atoms with Gasteiger partial charge in [0.25, 0.3) is 5.89 Å². The van der Waals surface area contributed by atoms with Crippen molar-refractivity contribution in [2.45, 2.75) is 6.61 Å². The molecule has 2 aromatic carbocycles. The number of aromatic nitrogens is 2. The maximum Gasteiger partial charge on any atom is 0.264 e. The monoisotopic (exact) mass is 348 g/mol. The zero-order valence-electron chi connectivity index (χ0n) is 10.8. The largest absolute Gasteiger partial charge is 0.484 e. The van der Waals surface area contributed by atoms with E-state index >= 15 is 0 Å². The molecule has 0 amide bonds. The van der Waals surface area contributed by atoms with Crippen LogP contribution in [0.15, 0.2) is 57.5 Å². The van der Waals surface area contributed by atoms with Gasteiger partial charge in [0.05, 0.1) is 0 Å². The highest BCUT2D eigenvalue weighted by Crippen LogP contribution is 2.20. The molecule has 4 nitrogen and oxygen atoms in total. The topological polar surface area (TPSA) is 48.2 Å². The van der Waals surface area contributed by atoms with E-state index in [1.165, 1.54) is 12.1 Å². The molecule has 0 fully saturated rings. The fraction of sp³-hybridized carbons (Fsp3) is 0.0667. The van der Waals surface area contributed by atoms with Gasteiger partial charge in [0, 0.05) is 10.0 Å². The highest BCUT2D eigenvalue weighted by atomic mass is 79.9. The first-order chi connectivity index (χ1) is 10.2. The van der Waals surface area contributed by atoms with Crippen LogP contribution in [0.25, 0.3) is 11.4 Å². The van der Waals surface area contributed by atoms with Gasteiger partial charge in [-0.3, -0.25) is 0 Å². The zero-order valence-corrected chi connectivity index (χ0v) is 12.4. The molecule has 6 heteroatoms. The van der Waals surface area contributed by atoms with Crippen LogP contribution in [0, 0.1) is 5.82 Å². The summed E-state index contributed by atoms with van der Waals surface area (Å²) in [5.74, 6) is 1.16. The number of rotatable bonds is 4. The van der Waals surface area contributed by atoms with Crippen molar-refractivity contribution in [2.75, 3.05) is 0 Å². The molecule has 3 rings (SSSR count). The molecule has 0 radical (unpaired) electrons. The van der Waals surface area contributed by atoms with Crippen LogP contribution in [0.1, 0.15) is 5.89 Å². The zero-order chi connectivity index (χ0) is 14.7. The number of halogens is 2. The van der Waals surface area contributed by atoms with Gasteiger partial charge in [-0.2, -0.15) is 4.98 Å². The lowest BCUT2D eigenvalue weighted by molar-refractivity contribution is 0.243. The molecule has 0 aliphatic carbocycles. The lowest BCUT2D eigenvalue weighted by Gasteiger charge is -2.02. The first kappa shape index (κ1) is 13.8. The number of hydrogen-bond donors (Lipinski definition) is 0. The fourth-order valence-electron chi connectivity index (χ4n) is 1.73. The SMILES string of the molecule is Fc1ccc(-c2noc(COc3cccc(Br)c3)n2)cc1. The smallest absolute Gasteiger partial charge is 0.264 e. The highest BCUT2D eigenvalue weighted by molar-refractivity contribution is 9.10. The van der Waals surface area contributed by atoms with Gasteiger partial charge in [0.1, 0.15) is 11.6 Å². The van der Waals surface area contributed by atoms with Gasteiger partial charge in [-0.25, -0.2) is 4.39 Å². The second kappa shape index (κ2) is 6.05. The van der Waals surface area contributed by atoms with Gasteiger partial charge in [-0.1, -0.05) is 27.2 Å². The van der Waals surface area contributed by atoms with Crippen molar-refractivity contribution >= 4 is 15.9 Å². The van der Waals surface area contributed by atoms with E-state index in [9.17, 15) is 4.39 Å².